The van der Waals surface area contributed by atoms with Crippen molar-refractivity contribution in [2.24, 2.45) is 0 Å². The summed E-state index contributed by atoms with van der Waals surface area (Å²) in [7, 11) is 0. The molecule has 2 nitrogen and oxygen atoms in total. The van der Waals surface area contributed by atoms with Gasteiger partial charge in [0.15, 0.2) is 0 Å². The third-order valence-corrected chi connectivity index (χ3v) is 4.12. The van der Waals surface area contributed by atoms with Crippen molar-refractivity contribution in [1.29, 1.82) is 0 Å². The van der Waals surface area contributed by atoms with Crippen LogP contribution in [0.1, 0.15) is 47.7 Å². The molecule has 3 heteroatoms. The summed E-state index contributed by atoms with van der Waals surface area (Å²) < 4.78 is 0. The van der Waals surface area contributed by atoms with Gasteiger partial charge in [-0.15, -0.1) is 12.6 Å². The number of benzene rings is 2. The molecule has 0 heterocycles. The number of hydrogen-bond donors (Lipinski definition) is 2. The summed E-state index contributed by atoms with van der Waals surface area (Å²) in [6.07, 6.45) is 1.11. The number of amides is 1. The first-order chi connectivity index (χ1) is 10.0. The number of aryl methyl sites for hydroxylation is 1. The third-order valence-electron chi connectivity index (χ3n) is 3.75. The lowest BCUT2D eigenvalue weighted by molar-refractivity contribution is 0.102. The number of thiol groups is 1. The van der Waals surface area contributed by atoms with Crippen molar-refractivity contribution in [2.75, 3.05) is 5.32 Å². The van der Waals surface area contributed by atoms with Gasteiger partial charge in [-0.2, -0.15) is 0 Å². The van der Waals surface area contributed by atoms with Gasteiger partial charge in [-0.1, -0.05) is 32.0 Å². The molecule has 0 fully saturated rings. The number of anilines is 1. The van der Waals surface area contributed by atoms with Gasteiger partial charge in [0.2, 0.25) is 0 Å². The first kappa shape index (κ1) is 15.6. The van der Waals surface area contributed by atoms with Crippen molar-refractivity contribution in [2.45, 2.75) is 38.0 Å². The number of nitrogens with one attached hydrogen (secondary N) is 1. The minimum Gasteiger partial charge on any atom is -0.322 e. The fourth-order valence-electron chi connectivity index (χ4n) is 2.16. The summed E-state index contributed by atoms with van der Waals surface area (Å²) >= 11 is 4.37. The molecule has 0 saturated heterocycles. The van der Waals surface area contributed by atoms with Gasteiger partial charge in [0.25, 0.3) is 5.91 Å². The van der Waals surface area contributed by atoms with Crippen LogP contribution in [-0.2, 0) is 0 Å². The molecule has 1 amide bonds. The van der Waals surface area contributed by atoms with Crippen LogP contribution in [0.3, 0.4) is 0 Å². The van der Waals surface area contributed by atoms with E-state index in [0.717, 1.165) is 17.7 Å². The van der Waals surface area contributed by atoms with Gasteiger partial charge >= 0.3 is 0 Å². The quantitative estimate of drug-likeness (QED) is 0.760. The lowest BCUT2D eigenvalue weighted by Crippen LogP contribution is -2.12. The van der Waals surface area contributed by atoms with Crippen LogP contribution in [0.2, 0.25) is 0 Å². The van der Waals surface area contributed by atoms with Crippen LogP contribution in [-0.4, -0.2) is 5.91 Å². The summed E-state index contributed by atoms with van der Waals surface area (Å²) in [4.78, 5) is 13.0. The Bertz CT molecular complexity index is 634. The van der Waals surface area contributed by atoms with Crippen molar-refractivity contribution < 1.29 is 4.79 Å². The Morgan fingerprint density at radius 1 is 1.19 bits per heavy atom. The highest BCUT2D eigenvalue weighted by Gasteiger charge is 2.10. The van der Waals surface area contributed by atoms with E-state index in [1.807, 2.05) is 31.2 Å². The molecule has 0 aliphatic heterocycles. The second-order valence-electron chi connectivity index (χ2n) is 5.41. The summed E-state index contributed by atoms with van der Waals surface area (Å²) in [5.74, 6) is 0.409. The van der Waals surface area contributed by atoms with Crippen LogP contribution in [0.25, 0.3) is 0 Å². The molecule has 0 aliphatic carbocycles. The van der Waals surface area contributed by atoms with Crippen molar-refractivity contribution in [3.05, 3.63) is 59.2 Å². The lowest BCUT2D eigenvalue weighted by atomic mass is 9.98. The van der Waals surface area contributed by atoms with Gasteiger partial charge in [0.1, 0.15) is 0 Å². The molecule has 0 aromatic heterocycles. The Morgan fingerprint density at radius 2 is 1.86 bits per heavy atom. The molecule has 1 atom stereocenters. The van der Waals surface area contributed by atoms with Crippen molar-refractivity contribution in [3.63, 3.8) is 0 Å². The highest BCUT2D eigenvalue weighted by atomic mass is 32.1. The lowest BCUT2D eigenvalue weighted by Gasteiger charge is -2.11. The summed E-state index contributed by atoms with van der Waals surface area (Å²) in [6.45, 7) is 6.36. The number of hydrogen-bond acceptors (Lipinski definition) is 2. The van der Waals surface area contributed by atoms with E-state index >= 15 is 0 Å². The first-order valence-corrected chi connectivity index (χ1v) is 7.67. The van der Waals surface area contributed by atoms with Gasteiger partial charge in [0, 0.05) is 10.6 Å². The topological polar surface area (TPSA) is 29.1 Å². The zero-order valence-corrected chi connectivity index (χ0v) is 13.6. The van der Waals surface area contributed by atoms with Gasteiger partial charge in [-0.3, -0.25) is 4.79 Å². The number of carbonyl (C=O) groups excluding carboxylic acids is 1. The Morgan fingerprint density at radius 3 is 2.43 bits per heavy atom. The molecule has 0 aliphatic rings. The molecule has 1 N–H and O–H groups in total. The van der Waals surface area contributed by atoms with Crippen molar-refractivity contribution >= 4 is 24.2 Å². The standard InChI is InChI=1S/C18H21NOS/c1-4-13(3)14-6-8-15(9-7-14)19-18(20)16-10-5-12(2)11-17(16)21/h5-11,13,21H,4H2,1-3H3,(H,19,20). The molecule has 0 radical (unpaired) electrons. The van der Waals surface area contributed by atoms with Crippen LogP contribution in [0, 0.1) is 6.92 Å². The normalized spacial score (nSPS) is 12.0. The molecule has 2 aromatic carbocycles. The fraction of sp³-hybridized carbons (Fsp3) is 0.278. The SMILES string of the molecule is CCC(C)c1ccc(NC(=O)c2ccc(C)cc2S)cc1. The predicted molar refractivity (Wildman–Crippen MR) is 91.5 cm³/mol. The van der Waals surface area contributed by atoms with Gasteiger partial charge in [-0.05, 0) is 54.7 Å². The summed E-state index contributed by atoms with van der Waals surface area (Å²) in [6, 6.07) is 13.7. The van der Waals surface area contributed by atoms with E-state index in [9.17, 15) is 4.79 Å². The highest BCUT2D eigenvalue weighted by Crippen LogP contribution is 2.22. The van der Waals surface area contributed by atoms with E-state index in [-0.39, 0.29) is 5.91 Å². The van der Waals surface area contributed by atoms with Crippen LogP contribution < -0.4 is 5.32 Å². The maximum atomic E-state index is 12.3. The zero-order valence-electron chi connectivity index (χ0n) is 12.7. The predicted octanol–water partition coefficient (Wildman–Crippen LogP) is 5.05. The van der Waals surface area contributed by atoms with Gasteiger partial charge in [-0.25, -0.2) is 0 Å². The smallest absolute Gasteiger partial charge is 0.256 e. The molecule has 2 rings (SSSR count). The van der Waals surface area contributed by atoms with E-state index in [1.165, 1.54) is 5.56 Å². The zero-order chi connectivity index (χ0) is 15.4. The maximum Gasteiger partial charge on any atom is 0.256 e. The maximum absolute atomic E-state index is 12.3. The second-order valence-corrected chi connectivity index (χ2v) is 5.89. The number of rotatable bonds is 4. The third kappa shape index (κ3) is 3.88. The summed E-state index contributed by atoms with van der Waals surface area (Å²) in [5, 5.41) is 2.91. The molecule has 0 saturated carbocycles. The fourth-order valence-corrected chi connectivity index (χ4v) is 2.54. The first-order valence-electron chi connectivity index (χ1n) is 7.22. The minimum atomic E-state index is -0.128. The van der Waals surface area contributed by atoms with E-state index < -0.39 is 0 Å². The molecule has 110 valence electrons. The monoisotopic (exact) mass is 299 g/mol. The second kappa shape index (κ2) is 6.81. The highest BCUT2D eigenvalue weighted by molar-refractivity contribution is 7.80. The molecule has 2 aromatic rings. The molecule has 1 unspecified atom stereocenters. The van der Waals surface area contributed by atoms with Crippen LogP contribution >= 0.6 is 12.6 Å². The minimum absolute atomic E-state index is 0.128. The Labute approximate surface area is 132 Å². The van der Waals surface area contributed by atoms with Crippen molar-refractivity contribution in [1.82, 2.24) is 0 Å². The molecular weight excluding hydrogens is 278 g/mol. The Hall–Kier alpha value is -1.74. The average molecular weight is 299 g/mol. The van der Waals surface area contributed by atoms with Crippen LogP contribution in [0.5, 0.6) is 0 Å². The Kier molecular flexibility index (Phi) is 5.07. The van der Waals surface area contributed by atoms with Crippen LogP contribution in [0.4, 0.5) is 5.69 Å². The van der Waals surface area contributed by atoms with E-state index in [0.29, 0.717) is 16.4 Å². The van der Waals surface area contributed by atoms with Gasteiger partial charge < -0.3 is 5.32 Å². The molecule has 21 heavy (non-hydrogen) atoms. The van der Waals surface area contributed by atoms with E-state index in [4.69, 9.17) is 0 Å². The Balaban J connectivity index is 2.12. The largest absolute Gasteiger partial charge is 0.322 e. The molecule has 0 bridgehead atoms. The molecule has 0 spiro atoms. The van der Waals surface area contributed by atoms with Crippen molar-refractivity contribution in [3.8, 4) is 0 Å². The van der Waals surface area contributed by atoms with Gasteiger partial charge in [0.05, 0.1) is 5.56 Å². The van der Waals surface area contributed by atoms with E-state index in [1.54, 1.807) is 6.07 Å². The molecular formula is C18H21NOS. The average Bonchev–Trinajstić information content (AvgIpc) is 2.47. The van der Waals surface area contributed by atoms with Crippen LogP contribution in [0.15, 0.2) is 47.4 Å². The van der Waals surface area contributed by atoms with E-state index in [2.05, 4.69) is 43.9 Å². The number of carbonyl (C=O) groups is 1. The summed E-state index contributed by atoms with van der Waals surface area (Å²) in [5.41, 5.74) is 3.78.